The minimum absolute atomic E-state index is 0.107. The van der Waals surface area contributed by atoms with E-state index in [9.17, 15) is 33.9 Å². The van der Waals surface area contributed by atoms with Crippen molar-refractivity contribution in [2.75, 3.05) is 0 Å². The topological polar surface area (TPSA) is 175 Å². The van der Waals surface area contributed by atoms with Crippen LogP contribution in [0.2, 0.25) is 18.1 Å². The van der Waals surface area contributed by atoms with Crippen LogP contribution in [-0.4, -0.2) is 72.5 Å². The molecular formula is C33H53NO11Si. The average molecular weight is 668 g/mol. The highest BCUT2D eigenvalue weighted by atomic mass is 28.4. The van der Waals surface area contributed by atoms with E-state index in [4.69, 9.17) is 18.9 Å². The first-order valence-electron chi connectivity index (χ1n) is 15.7. The van der Waals surface area contributed by atoms with E-state index in [2.05, 4.69) is 5.32 Å². The van der Waals surface area contributed by atoms with Gasteiger partial charge in [0.1, 0.15) is 12.7 Å². The maximum absolute atomic E-state index is 13.5. The molecule has 0 saturated heterocycles. The van der Waals surface area contributed by atoms with Crippen LogP contribution in [0.1, 0.15) is 80.2 Å². The van der Waals surface area contributed by atoms with Crippen LogP contribution in [-0.2, 0) is 44.7 Å². The van der Waals surface area contributed by atoms with Crippen molar-refractivity contribution in [3.05, 3.63) is 35.9 Å². The third kappa shape index (κ3) is 13.1. The molecule has 1 aromatic rings. The lowest BCUT2D eigenvalue weighted by Crippen LogP contribution is -2.52. The zero-order valence-electron chi connectivity index (χ0n) is 28.8. The van der Waals surface area contributed by atoms with Gasteiger partial charge < -0.3 is 34.2 Å². The van der Waals surface area contributed by atoms with Crippen molar-refractivity contribution < 1.29 is 52.8 Å². The van der Waals surface area contributed by atoms with Gasteiger partial charge in [-0.1, -0.05) is 71.9 Å². The van der Waals surface area contributed by atoms with Gasteiger partial charge in [-0.25, -0.2) is 19.2 Å². The Bertz CT molecular complexity index is 1170. The van der Waals surface area contributed by atoms with Crippen LogP contribution in [0.5, 0.6) is 0 Å². The van der Waals surface area contributed by atoms with Crippen molar-refractivity contribution in [3.8, 4) is 0 Å². The quantitative estimate of drug-likeness (QED) is 0.106. The van der Waals surface area contributed by atoms with Crippen LogP contribution < -0.4 is 5.32 Å². The predicted molar refractivity (Wildman–Crippen MR) is 173 cm³/mol. The summed E-state index contributed by atoms with van der Waals surface area (Å²) in [5, 5.41) is 11.3. The van der Waals surface area contributed by atoms with Gasteiger partial charge in [0.25, 0.3) is 0 Å². The first kappa shape index (κ1) is 40.6. The number of hydrogen-bond donors (Lipinski definition) is 3. The van der Waals surface area contributed by atoms with E-state index in [1.807, 2.05) is 27.7 Å². The highest BCUT2D eigenvalue weighted by Gasteiger charge is 2.43. The van der Waals surface area contributed by atoms with E-state index in [1.165, 1.54) is 13.8 Å². The molecule has 0 aliphatic rings. The molecule has 12 nitrogen and oxygen atoms in total. The Hall–Kier alpha value is -3.45. The number of carbonyl (C=O) groups is 5. The van der Waals surface area contributed by atoms with Gasteiger partial charge in [0.15, 0.2) is 20.5 Å². The molecule has 46 heavy (non-hydrogen) atoms. The smallest absolute Gasteiger partial charge is 0.408 e. The standard InChI is InChI=1S/C33H53NO11Si/c1-11-21(4)27(28(35)36)45-29(37)23(6)44-31(39)26(34-32(40)42-19-24-15-13-12-14-16-24)22(5)43-30(38)25(17-20(2)3)18-33(7,8)46(9,10)41/h12-16,20-23,25-27,41H,11,17-19H2,1-10H3,(H,34,40)(H,35,36)/t21?,22-,23+,25-,26+,27+/m1/s1. The molecule has 1 unspecified atom stereocenters. The molecule has 6 atom stereocenters. The second kappa shape index (κ2) is 18.0. The zero-order valence-corrected chi connectivity index (χ0v) is 29.8. The summed E-state index contributed by atoms with van der Waals surface area (Å²) in [5.41, 5.74) is 0.691. The molecule has 260 valence electrons. The Balaban J connectivity index is 3.20. The lowest BCUT2D eigenvalue weighted by molar-refractivity contribution is -0.180. The largest absolute Gasteiger partial charge is 0.478 e. The Morgan fingerprint density at radius 3 is 1.98 bits per heavy atom. The fourth-order valence-corrected chi connectivity index (χ4v) is 5.19. The number of aliphatic carboxylic acids is 1. The molecular weight excluding hydrogens is 614 g/mol. The first-order valence-corrected chi connectivity index (χ1v) is 18.7. The molecule has 0 radical (unpaired) electrons. The minimum Gasteiger partial charge on any atom is -0.478 e. The van der Waals surface area contributed by atoms with Crippen LogP contribution in [0.3, 0.4) is 0 Å². The SMILES string of the molecule is CCC(C)[C@H](OC(=O)[C@H](C)OC(=O)[C@@H](NC(=O)OCc1ccccc1)[C@@H](C)OC(=O)[C@H](CC(C)C)CC(C)(C)[Si](C)(C)O)C(=O)O. The number of nitrogens with one attached hydrogen (secondary N) is 1. The van der Waals surface area contributed by atoms with Gasteiger partial charge in [-0.05, 0) is 62.7 Å². The molecule has 1 amide bonds. The molecule has 0 spiro atoms. The molecule has 0 aromatic heterocycles. The average Bonchev–Trinajstić information content (AvgIpc) is 2.95. The molecule has 0 heterocycles. The van der Waals surface area contributed by atoms with Gasteiger partial charge in [-0.2, -0.15) is 0 Å². The molecule has 13 heteroatoms. The molecule has 0 fully saturated rings. The second-order valence-corrected chi connectivity index (χ2v) is 17.9. The van der Waals surface area contributed by atoms with Crippen molar-refractivity contribution in [1.82, 2.24) is 5.32 Å². The number of hydrogen-bond acceptors (Lipinski definition) is 10. The van der Waals surface area contributed by atoms with Gasteiger partial charge in [-0.3, -0.25) is 4.79 Å². The number of benzene rings is 1. The summed E-state index contributed by atoms with van der Waals surface area (Å²) in [6, 6.07) is 7.23. The van der Waals surface area contributed by atoms with Gasteiger partial charge in [-0.15, -0.1) is 0 Å². The van der Waals surface area contributed by atoms with Crippen molar-refractivity contribution in [2.45, 2.75) is 124 Å². The monoisotopic (exact) mass is 667 g/mol. The van der Waals surface area contributed by atoms with Gasteiger partial charge in [0.05, 0.1) is 5.92 Å². The van der Waals surface area contributed by atoms with E-state index in [-0.39, 0.29) is 12.5 Å². The predicted octanol–water partition coefficient (Wildman–Crippen LogP) is 5.22. The van der Waals surface area contributed by atoms with E-state index < -0.39 is 79.5 Å². The number of carboxylic acids is 1. The van der Waals surface area contributed by atoms with Crippen LogP contribution >= 0.6 is 0 Å². The highest BCUT2D eigenvalue weighted by molar-refractivity contribution is 6.72. The highest BCUT2D eigenvalue weighted by Crippen LogP contribution is 2.43. The van der Waals surface area contributed by atoms with Gasteiger partial charge in [0.2, 0.25) is 6.10 Å². The lowest BCUT2D eigenvalue weighted by Gasteiger charge is -2.38. The maximum atomic E-state index is 13.5. The second-order valence-electron chi connectivity index (χ2n) is 13.5. The third-order valence-corrected chi connectivity index (χ3v) is 11.8. The summed E-state index contributed by atoms with van der Waals surface area (Å²) in [5.74, 6) is -5.16. The molecule has 0 bridgehead atoms. The Labute approximate surface area is 273 Å². The number of alkyl carbamates (subject to hydrolysis) is 1. The Morgan fingerprint density at radius 1 is 0.891 bits per heavy atom. The van der Waals surface area contributed by atoms with Crippen LogP contribution in [0.4, 0.5) is 4.79 Å². The van der Waals surface area contributed by atoms with Crippen LogP contribution in [0.25, 0.3) is 0 Å². The Morgan fingerprint density at radius 2 is 1.48 bits per heavy atom. The Kier molecular flexibility index (Phi) is 15.9. The van der Waals surface area contributed by atoms with Crippen molar-refractivity contribution in [3.63, 3.8) is 0 Å². The number of amides is 1. The summed E-state index contributed by atoms with van der Waals surface area (Å²) in [6.07, 6.45) is -4.03. The van der Waals surface area contributed by atoms with E-state index >= 15 is 0 Å². The molecule has 0 aliphatic heterocycles. The molecule has 0 aliphatic carbocycles. The summed E-state index contributed by atoms with van der Waals surface area (Å²) < 4.78 is 21.4. The number of carbonyl (C=O) groups excluding carboxylic acids is 4. The van der Waals surface area contributed by atoms with E-state index in [1.54, 1.807) is 57.3 Å². The number of esters is 3. The number of rotatable bonds is 18. The van der Waals surface area contributed by atoms with Crippen LogP contribution in [0.15, 0.2) is 30.3 Å². The summed E-state index contributed by atoms with van der Waals surface area (Å²) in [4.78, 5) is 74.8. The molecule has 1 aromatic carbocycles. The summed E-state index contributed by atoms with van der Waals surface area (Å²) in [7, 11) is -2.68. The van der Waals surface area contributed by atoms with E-state index in [0.29, 0.717) is 24.8 Å². The van der Waals surface area contributed by atoms with Gasteiger partial charge >= 0.3 is 30.0 Å². The summed E-state index contributed by atoms with van der Waals surface area (Å²) in [6.45, 7) is 17.2. The van der Waals surface area contributed by atoms with Gasteiger partial charge in [0, 0.05) is 5.92 Å². The fourth-order valence-electron chi connectivity index (χ4n) is 4.45. The van der Waals surface area contributed by atoms with Crippen molar-refractivity contribution in [2.24, 2.45) is 17.8 Å². The van der Waals surface area contributed by atoms with Crippen LogP contribution in [0, 0.1) is 17.8 Å². The maximum Gasteiger partial charge on any atom is 0.408 e. The third-order valence-electron chi connectivity index (χ3n) is 8.29. The molecule has 3 N–H and O–H groups in total. The number of ether oxygens (including phenoxy) is 4. The molecule has 1 rings (SSSR count). The summed E-state index contributed by atoms with van der Waals surface area (Å²) >= 11 is 0. The normalized spacial score (nSPS) is 15.8. The first-order chi connectivity index (χ1) is 21.2. The fraction of sp³-hybridized carbons (Fsp3) is 0.667. The van der Waals surface area contributed by atoms with E-state index in [0.717, 1.165) is 0 Å². The zero-order chi connectivity index (χ0) is 35.4. The van der Waals surface area contributed by atoms with Crippen molar-refractivity contribution in [1.29, 1.82) is 0 Å². The molecule has 0 saturated carbocycles. The number of carboxylic acid groups (broad SMARTS) is 1. The minimum atomic E-state index is -2.68. The lowest BCUT2D eigenvalue weighted by atomic mass is 9.89. The van der Waals surface area contributed by atoms with Crippen molar-refractivity contribution >= 4 is 38.3 Å².